The van der Waals surface area contributed by atoms with Crippen LogP contribution in [0, 0.1) is 0 Å². The standard InChI is InChI=1S/C10H14FO.Sn.3H/c1-4-7-10(3,12)8-6-9(11)5-2;;;;/h1,4-6,8,12H,7H2,2-3H3;;;;/b4-1?,8-6+,9-5-;;;;. The second-order valence-electron chi connectivity index (χ2n) is 3.14. The zero-order valence-corrected chi connectivity index (χ0v) is 14.1. The first kappa shape index (κ1) is 12.9. The van der Waals surface area contributed by atoms with E-state index in [1.807, 2.05) is 6.08 Å². The molecule has 0 rings (SSSR count). The molecule has 0 aromatic heterocycles. The Labute approximate surface area is 92.1 Å². The molecule has 1 atom stereocenters. The molecule has 0 saturated heterocycles. The van der Waals surface area contributed by atoms with E-state index < -0.39 is 5.60 Å². The van der Waals surface area contributed by atoms with Crippen molar-refractivity contribution in [2.45, 2.75) is 25.9 Å². The van der Waals surface area contributed by atoms with Crippen LogP contribution in [0.15, 0.2) is 34.2 Å². The van der Waals surface area contributed by atoms with Crippen LogP contribution in [0.5, 0.6) is 0 Å². The molecule has 0 heterocycles. The fourth-order valence-electron chi connectivity index (χ4n) is 0.780. The molecule has 13 heavy (non-hydrogen) atoms. The van der Waals surface area contributed by atoms with Crippen molar-refractivity contribution in [3.8, 4) is 0 Å². The number of halogens is 1. The summed E-state index contributed by atoms with van der Waals surface area (Å²) in [5.41, 5.74) is -0.932. The van der Waals surface area contributed by atoms with Crippen LogP contribution in [0.2, 0.25) is 0 Å². The van der Waals surface area contributed by atoms with Gasteiger partial charge in [0.05, 0.1) is 0 Å². The van der Waals surface area contributed by atoms with E-state index in [0.29, 0.717) is 28.9 Å². The monoisotopic (exact) mass is 292 g/mol. The molecule has 0 bridgehead atoms. The molecule has 0 radical (unpaired) electrons. The van der Waals surface area contributed by atoms with E-state index in [2.05, 4.69) is 4.09 Å². The molecule has 74 valence electrons. The fourth-order valence-corrected chi connectivity index (χ4v) is 1.45. The normalized spacial score (nSPS) is 18.6. The Morgan fingerprint density at radius 2 is 2.23 bits per heavy atom. The third-order valence-corrected chi connectivity index (χ3v) is 2.99. The molecule has 0 fully saturated rings. The van der Waals surface area contributed by atoms with Crippen molar-refractivity contribution in [3.63, 3.8) is 0 Å². The van der Waals surface area contributed by atoms with E-state index in [0.717, 1.165) is 0 Å². The van der Waals surface area contributed by atoms with Gasteiger partial charge < -0.3 is 0 Å². The molecule has 0 aliphatic rings. The summed E-state index contributed by atoms with van der Waals surface area (Å²) >= 11 is 0.522. The predicted octanol–water partition coefficient (Wildman–Crippen LogP) is 1.44. The number of allylic oxidation sites excluding steroid dienone is 3. The molecule has 1 N–H and O–H groups in total. The molecule has 3 heteroatoms. The van der Waals surface area contributed by atoms with Crippen LogP contribution in [0.1, 0.15) is 20.3 Å². The van der Waals surface area contributed by atoms with Crippen molar-refractivity contribution >= 4 is 22.5 Å². The van der Waals surface area contributed by atoms with Gasteiger partial charge in [0.25, 0.3) is 0 Å². The van der Waals surface area contributed by atoms with Gasteiger partial charge in [-0.15, -0.1) is 0 Å². The summed E-state index contributed by atoms with van der Waals surface area (Å²) in [5, 5.41) is 9.68. The third kappa shape index (κ3) is 7.02. The van der Waals surface area contributed by atoms with Crippen LogP contribution in [0.25, 0.3) is 0 Å². The van der Waals surface area contributed by atoms with Gasteiger partial charge >= 0.3 is 92.1 Å². The summed E-state index contributed by atoms with van der Waals surface area (Å²) in [6.45, 7) is 3.29. The molecular formula is C10H17FOSn. The summed E-state index contributed by atoms with van der Waals surface area (Å²) in [6.07, 6.45) is 6.63. The molecule has 0 aliphatic heterocycles. The Morgan fingerprint density at radius 1 is 1.62 bits per heavy atom. The first-order valence-corrected chi connectivity index (χ1v) is 7.66. The van der Waals surface area contributed by atoms with Gasteiger partial charge in [0, 0.05) is 0 Å². The van der Waals surface area contributed by atoms with E-state index in [1.54, 1.807) is 13.8 Å². The van der Waals surface area contributed by atoms with E-state index >= 15 is 0 Å². The second kappa shape index (κ2) is 6.38. The van der Waals surface area contributed by atoms with Crippen molar-refractivity contribution in [1.82, 2.24) is 0 Å². The summed E-state index contributed by atoms with van der Waals surface area (Å²) in [5.74, 6) is -0.320. The average molecular weight is 291 g/mol. The van der Waals surface area contributed by atoms with Crippen molar-refractivity contribution in [1.29, 1.82) is 0 Å². The molecule has 0 aliphatic carbocycles. The Balaban J connectivity index is 4.23. The molecule has 1 unspecified atom stereocenters. The number of aliphatic hydroxyl groups is 1. The number of hydrogen-bond donors (Lipinski definition) is 1. The van der Waals surface area contributed by atoms with E-state index in [9.17, 15) is 9.50 Å². The van der Waals surface area contributed by atoms with Crippen LogP contribution in [-0.4, -0.2) is 33.2 Å². The topological polar surface area (TPSA) is 20.2 Å². The predicted molar refractivity (Wildman–Crippen MR) is 58.3 cm³/mol. The van der Waals surface area contributed by atoms with Crippen LogP contribution >= 0.6 is 0 Å². The van der Waals surface area contributed by atoms with Crippen molar-refractivity contribution in [2.24, 2.45) is 0 Å². The zero-order chi connectivity index (χ0) is 10.3. The van der Waals surface area contributed by atoms with Crippen LogP contribution in [-0.2, 0) is 0 Å². The third-order valence-electron chi connectivity index (χ3n) is 1.64. The minimum absolute atomic E-state index is 0.320. The van der Waals surface area contributed by atoms with Crippen molar-refractivity contribution in [3.05, 3.63) is 34.2 Å². The van der Waals surface area contributed by atoms with Crippen molar-refractivity contribution in [2.75, 3.05) is 0 Å². The quantitative estimate of drug-likeness (QED) is 0.614. The molecule has 1 nitrogen and oxygen atoms in total. The van der Waals surface area contributed by atoms with E-state index in [1.165, 1.54) is 18.2 Å². The van der Waals surface area contributed by atoms with E-state index in [4.69, 9.17) is 0 Å². The summed E-state index contributed by atoms with van der Waals surface area (Å²) in [4.78, 5) is 0. The molecule has 0 aromatic carbocycles. The Kier molecular flexibility index (Phi) is 6.33. The van der Waals surface area contributed by atoms with Crippen molar-refractivity contribution < 1.29 is 9.50 Å². The summed E-state index contributed by atoms with van der Waals surface area (Å²) in [7, 11) is 0. The molecule has 0 saturated carbocycles. The number of rotatable bonds is 4. The van der Waals surface area contributed by atoms with Gasteiger partial charge in [-0.1, -0.05) is 0 Å². The van der Waals surface area contributed by atoms with Crippen LogP contribution in [0.3, 0.4) is 0 Å². The Morgan fingerprint density at radius 3 is 2.69 bits per heavy atom. The summed E-state index contributed by atoms with van der Waals surface area (Å²) in [6, 6.07) is 0. The number of hydrogen-bond acceptors (Lipinski definition) is 1. The van der Waals surface area contributed by atoms with Gasteiger partial charge in [0.15, 0.2) is 0 Å². The second-order valence-corrected chi connectivity index (χ2v) is 5.04. The summed E-state index contributed by atoms with van der Waals surface area (Å²) < 4.78 is 14.7. The van der Waals surface area contributed by atoms with Gasteiger partial charge in [0.2, 0.25) is 0 Å². The zero-order valence-electron chi connectivity index (χ0n) is 8.42. The van der Waals surface area contributed by atoms with Crippen LogP contribution < -0.4 is 0 Å². The maximum absolute atomic E-state index is 12.6. The Hall–Kier alpha value is -0.0913. The first-order chi connectivity index (χ1) is 6.02. The van der Waals surface area contributed by atoms with Crippen LogP contribution in [0.4, 0.5) is 4.39 Å². The fraction of sp³-hybridized carbons (Fsp3) is 0.400. The van der Waals surface area contributed by atoms with Gasteiger partial charge in [-0.25, -0.2) is 0 Å². The molecule has 0 aromatic rings. The molecular weight excluding hydrogens is 274 g/mol. The van der Waals surface area contributed by atoms with Gasteiger partial charge in [0.1, 0.15) is 0 Å². The SMILES string of the molecule is C/C=C(F)/C=C/C(C)(O)C/C=[CH]/[SnH3]. The van der Waals surface area contributed by atoms with Gasteiger partial charge in [-0.05, 0) is 0 Å². The Bertz CT molecular complexity index is 229. The maximum atomic E-state index is 12.6. The molecule has 0 spiro atoms. The first-order valence-electron chi connectivity index (χ1n) is 4.36. The van der Waals surface area contributed by atoms with Gasteiger partial charge in [-0.3, -0.25) is 0 Å². The van der Waals surface area contributed by atoms with E-state index in [-0.39, 0.29) is 5.83 Å². The minimum atomic E-state index is -0.932. The van der Waals surface area contributed by atoms with Gasteiger partial charge in [-0.2, -0.15) is 0 Å². The molecule has 0 amide bonds. The average Bonchev–Trinajstić information content (AvgIpc) is 2.11.